The molecule has 0 spiro atoms. The summed E-state index contributed by atoms with van der Waals surface area (Å²) in [7, 11) is -3.16. The Morgan fingerprint density at radius 2 is 1.78 bits per heavy atom. The van der Waals surface area contributed by atoms with E-state index < -0.39 is 10.0 Å². The molecular weight excluding hydrogens is 360 g/mol. The molecule has 0 saturated carbocycles. The molecule has 0 aliphatic carbocycles. The number of sulfonamides is 1. The molecule has 0 amide bonds. The lowest BCUT2D eigenvalue weighted by molar-refractivity contribution is 0.530. The smallest absolute Gasteiger partial charge is 0.208 e. The molecule has 6 nitrogen and oxygen atoms in total. The van der Waals surface area contributed by atoms with Gasteiger partial charge < -0.3 is 5.32 Å². The number of aromatic nitrogens is 2. The molecule has 2 N–H and O–H groups in total. The van der Waals surface area contributed by atoms with Gasteiger partial charge in [-0.2, -0.15) is 0 Å². The Morgan fingerprint density at radius 1 is 1.11 bits per heavy atom. The molecule has 1 aromatic heterocycles. The van der Waals surface area contributed by atoms with Crippen LogP contribution < -0.4 is 10.0 Å². The average Bonchev–Trinajstić information content (AvgIpc) is 2.96. The standard InChI is InChI=1S/C20H28N4O2S/c1-20(2,3)15-9-7-14(8-10-15)17-16(6-5-11-23-27(4,25)26)18-19(24-17)22-13-12-21-18/h7-10,12-13,16-17,23H,5-6,11H2,1-4H3,(H,22,24). The summed E-state index contributed by atoms with van der Waals surface area (Å²) in [6, 6.07) is 8.80. The van der Waals surface area contributed by atoms with Crippen molar-refractivity contribution in [3.8, 4) is 0 Å². The molecule has 1 aliphatic rings. The van der Waals surface area contributed by atoms with Gasteiger partial charge >= 0.3 is 0 Å². The van der Waals surface area contributed by atoms with Gasteiger partial charge in [-0.25, -0.2) is 18.1 Å². The van der Waals surface area contributed by atoms with E-state index >= 15 is 0 Å². The highest BCUT2D eigenvalue weighted by Gasteiger charge is 2.35. The molecule has 7 heteroatoms. The fourth-order valence-corrected chi connectivity index (χ4v) is 4.04. The second-order valence-electron chi connectivity index (χ2n) is 8.20. The van der Waals surface area contributed by atoms with Crippen molar-refractivity contribution in [2.24, 2.45) is 0 Å². The first-order valence-electron chi connectivity index (χ1n) is 9.28. The summed E-state index contributed by atoms with van der Waals surface area (Å²) in [4.78, 5) is 8.96. The van der Waals surface area contributed by atoms with E-state index in [-0.39, 0.29) is 17.4 Å². The Kier molecular flexibility index (Phi) is 5.53. The molecule has 27 heavy (non-hydrogen) atoms. The molecule has 2 aromatic rings. The summed E-state index contributed by atoms with van der Waals surface area (Å²) < 4.78 is 25.1. The van der Waals surface area contributed by atoms with Gasteiger partial charge in [0.25, 0.3) is 0 Å². The summed E-state index contributed by atoms with van der Waals surface area (Å²) >= 11 is 0. The van der Waals surface area contributed by atoms with Gasteiger partial charge in [0.05, 0.1) is 18.0 Å². The Bertz CT molecular complexity index is 889. The van der Waals surface area contributed by atoms with Crippen LogP contribution in [0.15, 0.2) is 36.7 Å². The fourth-order valence-electron chi connectivity index (χ4n) is 3.53. The fraction of sp³-hybridized carbons (Fsp3) is 0.500. The molecule has 1 aromatic carbocycles. The number of nitrogens with one attached hydrogen (secondary N) is 2. The molecule has 2 heterocycles. The normalized spacial score (nSPS) is 19.6. The molecule has 146 valence electrons. The minimum Gasteiger partial charge on any atom is -0.361 e. The van der Waals surface area contributed by atoms with Gasteiger partial charge in [-0.05, 0) is 29.4 Å². The van der Waals surface area contributed by atoms with Crippen LogP contribution in [-0.4, -0.2) is 31.2 Å². The quantitative estimate of drug-likeness (QED) is 0.742. The first-order chi connectivity index (χ1) is 12.6. The summed E-state index contributed by atoms with van der Waals surface area (Å²) in [6.07, 6.45) is 6.16. The van der Waals surface area contributed by atoms with Crippen molar-refractivity contribution in [2.75, 3.05) is 18.1 Å². The molecule has 1 aliphatic heterocycles. The van der Waals surface area contributed by atoms with Crippen molar-refractivity contribution in [1.29, 1.82) is 0 Å². The van der Waals surface area contributed by atoms with E-state index in [1.807, 2.05) is 0 Å². The number of benzene rings is 1. The Balaban J connectivity index is 1.79. The number of nitrogens with zero attached hydrogens (tertiary/aromatic N) is 2. The second kappa shape index (κ2) is 7.56. The van der Waals surface area contributed by atoms with Crippen LogP contribution in [0.5, 0.6) is 0 Å². The highest BCUT2D eigenvalue weighted by molar-refractivity contribution is 7.88. The van der Waals surface area contributed by atoms with Gasteiger partial charge in [0.2, 0.25) is 10.0 Å². The van der Waals surface area contributed by atoms with Gasteiger partial charge in [-0.15, -0.1) is 0 Å². The summed E-state index contributed by atoms with van der Waals surface area (Å²) in [6.45, 7) is 7.05. The van der Waals surface area contributed by atoms with Crippen molar-refractivity contribution in [2.45, 2.75) is 51.0 Å². The van der Waals surface area contributed by atoms with Gasteiger partial charge in [0.1, 0.15) is 5.82 Å². The SMILES string of the molecule is CC(C)(C)c1ccc(C2Nc3nccnc3C2CCCNS(C)(=O)=O)cc1. The Morgan fingerprint density at radius 3 is 2.41 bits per heavy atom. The van der Waals surface area contributed by atoms with Crippen LogP contribution in [0.25, 0.3) is 0 Å². The number of fused-ring (bicyclic) bond motifs is 1. The van der Waals surface area contributed by atoms with E-state index in [2.05, 4.69) is 65.0 Å². The summed E-state index contributed by atoms with van der Waals surface area (Å²) in [5.41, 5.74) is 3.57. The van der Waals surface area contributed by atoms with E-state index in [1.165, 1.54) is 17.4 Å². The zero-order valence-corrected chi connectivity index (χ0v) is 17.2. The molecule has 2 unspecified atom stereocenters. The van der Waals surface area contributed by atoms with Gasteiger partial charge in [-0.1, -0.05) is 45.0 Å². The topological polar surface area (TPSA) is 84.0 Å². The monoisotopic (exact) mass is 388 g/mol. The highest BCUT2D eigenvalue weighted by Crippen LogP contribution is 2.44. The van der Waals surface area contributed by atoms with Crippen LogP contribution in [0.3, 0.4) is 0 Å². The second-order valence-corrected chi connectivity index (χ2v) is 10.0. The lowest BCUT2D eigenvalue weighted by Gasteiger charge is -2.23. The Labute approximate surface area is 161 Å². The van der Waals surface area contributed by atoms with E-state index in [0.29, 0.717) is 6.54 Å². The predicted molar refractivity (Wildman–Crippen MR) is 108 cm³/mol. The lowest BCUT2D eigenvalue weighted by atomic mass is 9.84. The van der Waals surface area contributed by atoms with Gasteiger partial charge in [-0.3, -0.25) is 4.98 Å². The number of rotatable bonds is 6. The van der Waals surface area contributed by atoms with Crippen molar-refractivity contribution < 1.29 is 8.42 Å². The third kappa shape index (κ3) is 4.84. The summed E-state index contributed by atoms with van der Waals surface area (Å²) in [5.74, 6) is 0.985. The lowest BCUT2D eigenvalue weighted by Crippen LogP contribution is -2.23. The van der Waals surface area contributed by atoms with E-state index in [0.717, 1.165) is 24.4 Å². The predicted octanol–water partition coefficient (Wildman–Crippen LogP) is 3.35. The van der Waals surface area contributed by atoms with Crippen LogP contribution in [0.4, 0.5) is 5.82 Å². The van der Waals surface area contributed by atoms with Crippen LogP contribution in [0.1, 0.15) is 62.4 Å². The van der Waals surface area contributed by atoms with Crippen molar-refractivity contribution in [3.63, 3.8) is 0 Å². The van der Waals surface area contributed by atoms with Gasteiger partial charge in [0, 0.05) is 24.9 Å². The molecule has 0 saturated heterocycles. The maximum Gasteiger partial charge on any atom is 0.208 e. The van der Waals surface area contributed by atoms with Crippen LogP contribution >= 0.6 is 0 Å². The molecular formula is C20H28N4O2S. The maximum atomic E-state index is 11.3. The largest absolute Gasteiger partial charge is 0.361 e. The third-order valence-electron chi connectivity index (χ3n) is 4.96. The van der Waals surface area contributed by atoms with Crippen LogP contribution in [-0.2, 0) is 15.4 Å². The number of hydrogen-bond donors (Lipinski definition) is 2. The maximum absolute atomic E-state index is 11.3. The average molecular weight is 389 g/mol. The first-order valence-corrected chi connectivity index (χ1v) is 11.2. The van der Waals surface area contributed by atoms with Crippen LogP contribution in [0.2, 0.25) is 0 Å². The molecule has 3 rings (SSSR count). The van der Waals surface area contributed by atoms with Crippen molar-refractivity contribution in [1.82, 2.24) is 14.7 Å². The molecule has 0 bridgehead atoms. The third-order valence-corrected chi connectivity index (χ3v) is 5.69. The number of anilines is 1. The number of hydrogen-bond acceptors (Lipinski definition) is 5. The van der Waals surface area contributed by atoms with Crippen LogP contribution in [0, 0.1) is 0 Å². The highest BCUT2D eigenvalue weighted by atomic mass is 32.2. The van der Waals surface area contributed by atoms with Crippen molar-refractivity contribution in [3.05, 3.63) is 53.5 Å². The minimum absolute atomic E-state index is 0.0923. The molecule has 0 fully saturated rings. The first kappa shape index (κ1) is 19.8. The van der Waals surface area contributed by atoms with E-state index in [9.17, 15) is 8.42 Å². The molecule has 2 atom stereocenters. The van der Waals surface area contributed by atoms with Crippen molar-refractivity contribution >= 4 is 15.8 Å². The zero-order chi connectivity index (χ0) is 19.7. The molecule has 0 radical (unpaired) electrons. The van der Waals surface area contributed by atoms with Gasteiger partial charge in [0.15, 0.2) is 0 Å². The van der Waals surface area contributed by atoms with E-state index in [4.69, 9.17) is 0 Å². The summed E-state index contributed by atoms with van der Waals surface area (Å²) in [5, 5.41) is 3.50. The van der Waals surface area contributed by atoms with E-state index in [1.54, 1.807) is 12.4 Å². The Hall–Kier alpha value is -1.99. The zero-order valence-electron chi connectivity index (χ0n) is 16.4. The minimum atomic E-state index is -3.16.